The quantitative estimate of drug-likeness (QED) is 0.278. The molecule has 0 atom stereocenters. The average Bonchev–Trinajstić information content (AvgIpc) is 2.96. The molecule has 0 aliphatic rings. The number of hydrogen-bond donors (Lipinski definition) is 2. The van der Waals surface area contributed by atoms with Gasteiger partial charge in [0.1, 0.15) is 11.5 Å². The zero-order chi connectivity index (χ0) is 27.5. The smallest absolute Gasteiger partial charge is 0.338 e. The fourth-order valence-electron chi connectivity index (χ4n) is 3.32. The van der Waals surface area contributed by atoms with Crippen LogP contribution in [0.3, 0.4) is 0 Å². The van der Waals surface area contributed by atoms with Crippen LogP contribution in [0.5, 0.6) is 11.5 Å². The molecule has 0 aliphatic carbocycles. The van der Waals surface area contributed by atoms with Gasteiger partial charge in [-0.3, -0.25) is 9.59 Å². The first-order valence-corrected chi connectivity index (χ1v) is 11.9. The molecule has 0 bridgehead atoms. The van der Waals surface area contributed by atoms with Gasteiger partial charge < -0.3 is 24.8 Å². The molecule has 2 amide bonds. The third kappa shape index (κ3) is 8.29. The first kappa shape index (κ1) is 26.6. The number of rotatable bonds is 10. The molecule has 4 aromatic carbocycles. The lowest BCUT2D eigenvalue weighted by atomic mass is 10.2. The maximum absolute atomic E-state index is 12.2. The van der Waals surface area contributed by atoms with Crippen molar-refractivity contribution < 1.29 is 33.4 Å². The molecule has 0 unspecified atom stereocenters. The van der Waals surface area contributed by atoms with Gasteiger partial charge >= 0.3 is 11.9 Å². The number of para-hydroxylation sites is 2. The van der Waals surface area contributed by atoms with Crippen LogP contribution in [-0.4, -0.2) is 37.0 Å². The zero-order valence-electron chi connectivity index (χ0n) is 20.7. The number of nitrogens with one attached hydrogen (secondary N) is 2. The van der Waals surface area contributed by atoms with Crippen LogP contribution < -0.4 is 15.4 Å². The number of benzene rings is 4. The lowest BCUT2D eigenvalue weighted by molar-refractivity contribution is -0.119. The van der Waals surface area contributed by atoms with Crippen molar-refractivity contribution in [3.05, 3.63) is 120 Å². The second-order valence-corrected chi connectivity index (χ2v) is 8.13. The maximum atomic E-state index is 12.2. The number of carbonyl (C=O) groups excluding carboxylic acids is 4. The number of anilines is 2. The molecule has 0 aliphatic heterocycles. The van der Waals surface area contributed by atoms with Gasteiger partial charge in [0.15, 0.2) is 13.2 Å². The highest BCUT2D eigenvalue weighted by atomic mass is 16.5. The minimum atomic E-state index is -0.648. The van der Waals surface area contributed by atoms with Crippen molar-refractivity contribution in [3.63, 3.8) is 0 Å². The van der Waals surface area contributed by atoms with Gasteiger partial charge in [-0.05, 0) is 72.8 Å². The number of hydrogen-bond acceptors (Lipinski definition) is 7. The van der Waals surface area contributed by atoms with E-state index in [1.54, 1.807) is 72.8 Å². The van der Waals surface area contributed by atoms with Gasteiger partial charge in [-0.15, -0.1) is 0 Å². The van der Waals surface area contributed by atoms with Crippen molar-refractivity contribution in [2.75, 3.05) is 23.8 Å². The lowest BCUT2D eigenvalue weighted by Gasteiger charge is -2.09. The molecule has 9 nitrogen and oxygen atoms in total. The van der Waals surface area contributed by atoms with Crippen LogP contribution >= 0.6 is 0 Å². The lowest BCUT2D eigenvalue weighted by Crippen LogP contribution is -2.20. The molecular weight excluding hydrogens is 500 g/mol. The average molecular weight is 525 g/mol. The Hall–Kier alpha value is -5.44. The van der Waals surface area contributed by atoms with Gasteiger partial charge in [0.2, 0.25) is 0 Å². The molecule has 196 valence electrons. The van der Waals surface area contributed by atoms with E-state index in [1.165, 1.54) is 24.3 Å². The predicted octanol–water partition coefficient (Wildman–Crippen LogP) is 5.07. The molecule has 0 saturated heterocycles. The third-order valence-electron chi connectivity index (χ3n) is 5.20. The van der Waals surface area contributed by atoms with E-state index in [0.29, 0.717) is 22.9 Å². The summed E-state index contributed by atoms with van der Waals surface area (Å²) in [4.78, 5) is 48.4. The van der Waals surface area contributed by atoms with Gasteiger partial charge in [-0.2, -0.15) is 0 Å². The molecule has 9 heteroatoms. The van der Waals surface area contributed by atoms with Gasteiger partial charge in [-0.1, -0.05) is 36.4 Å². The summed E-state index contributed by atoms with van der Waals surface area (Å²) in [6, 6.07) is 30.1. The van der Waals surface area contributed by atoms with Crippen LogP contribution in [0.4, 0.5) is 11.4 Å². The third-order valence-corrected chi connectivity index (χ3v) is 5.20. The first-order valence-electron chi connectivity index (χ1n) is 11.9. The Kier molecular flexibility index (Phi) is 9.01. The summed E-state index contributed by atoms with van der Waals surface area (Å²) in [6.45, 7) is -0.836. The standard InChI is InChI=1S/C30H24N2O7/c33-27(31-23-7-3-1-4-8-23)19-37-29(35)21-11-15-25(16-12-21)39-26-17-13-22(14-18-26)30(36)38-20-28(34)32-24-9-5-2-6-10-24/h1-18H,19-20H2,(H,31,33)(H,32,34). The molecule has 4 aromatic rings. The second kappa shape index (κ2) is 13.2. The van der Waals surface area contributed by atoms with Crippen LogP contribution in [0.1, 0.15) is 20.7 Å². The Morgan fingerprint density at radius 3 is 1.21 bits per heavy atom. The SMILES string of the molecule is O=C(COC(=O)c1ccc(Oc2ccc(C(=O)OCC(=O)Nc3ccccc3)cc2)cc1)Nc1ccccc1. The molecular formula is C30H24N2O7. The van der Waals surface area contributed by atoms with Gasteiger partial charge in [0, 0.05) is 11.4 Å². The van der Waals surface area contributed by atoms with Crippen molar-refractivity contribution >= 4 is 35.1 Å². The van der Waals surface area contributed by atoms with E-state index in [2.05, 4.69) is 10.6 Å². The largest absolute Gasteiger partial charge is 0.457 e. The number of esters is 2. The van der Waals surface area contributed by atoms with Crippen LogP contribution in [0.25, 0.3) is 0 Å². The maximum Gasteiger partial charge on any atom is 0.338 e. The molecule has 0 spiro atoms. The normalized spacial score (nSPS) is 10.2. The second-order valence-electron chi connectivity index (χ2n) is 8.13. The predicted molar refractivity (Wildman–Crippen MR) is 144 cm³/mol. The van der Waals surface area contributed by atoms with Crippen molar-refractivity contribution in [2.45, 2.75) is 0 Å². The van der Waals surface area contributed by atoms with Gasteiger partial charge in [0.25, 0.3) is 11.8 Å². The molecule has 0 heterocycles. The minimum absolute atomic E-state index is 0.254. The number of carbonyl (C=O) groups is 4. The van der Waals surface area contributed by atoms with E-state index in [1.807, 2.05) is 12.1 Å². The van der Waals surface area contributed by atoms with E-state index in [-0.39, 0.29) is 11.1 Å². The monoisotopic (exact) mass is 524 g/mol. The Balaban J connectivity index is 1.22. The first-order chi connectivity index (χ1) is 19.0. The van der Waals surface area contributed by atoms with E-state index >= 15 is 0 Å². The number of ether oxygens (including phenoxy) is 3. The van der Waals surface area contributed by atoms with Crippen molar-refractivity contribution in [2.24, 2.45) is 0 Å². The van der Waals surface area contributed by atoms with Crippen LogP contribution in [0.2, 0.25) is 0 Å². The minimum Gasteiger partial charge on any atom is -0.457 e. The van der Waals surface area contributed by atoms with Crippen LogP contribution in [0.15, 0.2) is 109 Å². The molecule has 39 heavy (non-hydrogen) atoms. The van der Waals surface area contributed by atoms with E-state index in [4.69, 9.17) is 14.2 Å². The summed E-state index contributed by atoms with van der Waals surface area (Å²) >= 11 is 0. The fraction of sp³-hybridized carbons (Fsp3) is 0.0667. The number of amides is 2. The van der Waals surface area contributed by atoms with E-state index in [0.717, 1.165) is 0 Å². The topological polar surface area (TPSA) is 120 Å². The Morgan fingerprint density at radius 2 is 0.846 bits per heavy atom. The summed E-state index contributed by atoms with van der Waals surface area (Å²) in [5.41, 5.74) is 1.72. The van der Waals surface area contributed by atoms with Gasteiger partial charge in [-0.25, -0.2) is 9.59 Å². The van der Waals surface area contributed by atoms with Crippen molar-refractivity contribution in [3.8, 4) is 11.5 Å². The fourth-order valence-corrected chi connectivity index (χ4v) is 3.32. The Labute approximate surface area is 224 Å². The van der Waals surface area contributed by atoms with E-state index < -0.39 is 37.0 Å². The molecule has 0 fully saturated rings. The molecule has 0 radical (unpaired) electrons. The zero-order valence-corrected chi connectivity index (χ0v) is 20.7. The van der Waals surface area contributed by atoms with Gasteiger partial charge in [0.05, 0.1) is 11.1 Å². The molecule has 0 saturated carbocycles. The highest BCUT2D eigenvalue weighted by Gasteiger charge is 2.13. The Morgan fingerprint density at radius 1 is 0.487 bits per heavy atom. The summed E-state index contributed by atoms with van der Waals surface area (Å²) in [5, 5.41) is 5.27. The molecule has 0 aromatic heterocycles. The highest BCUT2D eigenvalue weighted by molar-refractivity contribution is 5.96. The van der Waals surface area contributed by atoms with Crippen LogP contribution in [-0.2, 0) is 19.1 Å². The molecule has 4 rings (SSSR count). The summed E-state index contributed by atoms with van der Waals surface area (Å²) in [7, 11) is 0. The summed E-state index contributed by atoms with van der Waals surface area (Å²) < 4.78 is 15.9. The van der Waals surface area contributed by atoms with Crippen molar-refractivity contribution in [1.29, 1.82) is 0 Å². The van der Waals surface area contributed by atoms with Crippen molar-refractivity contribution in [1.82, 2.24) is 0 Å². The Bertz CT molecular complexity index is 1310. The highest BCUT2D eigenvalue weighted by Crippen LogP contribution is 2.22. The van der Waals surface area contributed by atoms with E-state index in [9.17, 15) is 19.2 Å². The summed E-state index contributed by atoms with van der Waals surface area (Å²) in [6.07, 6.45) is 0. The summed E-state index contributed by atoms with van der Waals surface area (Å²) in [5.74, 6) is -1.30. The van der Waals surface area contributed by atoms with Crippen LogP contribution in [0, 0.1) is 0 Å². The molecule has 2 N–H and O–H groups in total.